The molecule has 4 rings (SSSR count). The molecule has 1 aliphatic heterocycles. The number of carbonyl (C=O) groups is 2. The van der Waals surface area contributed by atoms with Crippen LogP contribution < -0.4 is 5.32 Å². The Morgan fingerprint density at radius 1 is 1.37 bits per heavy atom. The first-order valence-electron chi connectivity index (χ1n) is 10.7. The van der Waals surface area contributed by atoms with Crippen LogP contribution in [0.5, 0.6) is 0 Å². The van der Waals surface area contributed by atoms with Gasteiger partial charge in [-0.15, -0.1) is 0 Å². The Bertz CT molecular complexity index is 964. The van der Waals surface area contributed by atoms with Gasteiger partial charge in [0.15, 0.2) is 5.82 Å². The van der Waals surface area contributed by atoms with Crippen LogP contribution in [0.25, 0.3) is 0 Å². The van der Waals surface area contributed by atoms with Gasteiger partial charge >= 0.3 is 0 Å². The van der Waals surface area contributed by atoms with Crippen LogP contribution in [0.1, 0.15) is 61.4 Å². The van der Waals surface area contributed by atoms with Gasteiger partial charge in [-0.3, -0.25) is 14.3 Å². The summed E-state index contributed by atoms with van der Waals surface area (Å²) < 4.78 is 7.41. The number of carbonyl (C=O) groups excluding carboxylic acids is 2. The number of hydrogen-bond donors (Lipinski definition) is 1. The molecule has 9 heteroatoms. The molecule has 2 fully saturated rings. The summed E-state index contributed by atoms with van der Waals surface area (Å²) in [5, 5.41) is 11.5. The molecule has 162 valence electrons. The number of aryl methyl sites for hydroxylation is 2. The maximum absolute atomic E-state index is 12.9. The van der Waals surface area contributed by atoms with E-state index in [4.69, 9.17) is 4.52 Å². The van der Waals surface area contributed by atoms with Gasteiger partial charge in [0, 0.05) is 37.3 Å². The normalized spacial score (nSPS) is 25.7. The van der Waals surface area contributed by atoms with E-state index < -0.39 is 5.41 Å². The Morgan fingerprint density at radius 2 is 2.13 bits per heavy atom. The molecule has 3 heterocycles. The van der Waals surface area contributed by atoms with Crippen molar-refractivity contribution in [2.75, 3.05) is 13.1 Å². The van der Waals surface area contributed by atoms with Crippen molar-refractivity contribution >= 4 is 11.8 Å². The van der Waals surface area contributed by atoms with Crippen molar-refractivity contribution < 1.29 is 14.1 Å². The number of aromatic nitrogens is 4. The molecule has 2 aliphatic rings. The van der Waals surface area contributed by atoms with Gasteiger partial charge in [-0.1, -0.05) is 19.0 Å². The lowest BCUT2D eigenvalue weighted by atomic mass is 9.80. The number of hydrogen-bond acceptors (Lipinski definition) is 6. The minimum Gasteiger partial charge on any atom is -0.349 e. The molecular weight excluding hydrogens is 384 g/mol. The van der Waals surface area contributed by atoms with Crippen LogP contribution >= 0.6 is 0 Å². The minimum absolute atomic E-state index is 0.0182. The van der Waals surface area contributed by atoms with E-state index in [2.05, 4.69) is 20.6 Å². The number of nitrogens with zero attached hydrogens (tertiary/aromatic N) is 5. The maximum atomic E-state index is 12.9. The summed E-state index contributed by atoms with van der Waals surface area (Å²) in [4.78, 5) is 32.0. The summed E-state index contributed by atoms with van der Waals surface area (Å²) in [5.74, 6) is 1.31. The zero-order valence-corrected chi connectivity index (χ0v) is 18.3. The molecule has 0 spiro atoms. The molecule has 1 saturated carbocycles. The molecule has 0 unspecified atom stereocenters. The monoisotopic (exact) mass is 414 g/mol. The molecule has 2 amide bonds. The van der Waals surface area contributed by atoms with Crippen LogP contribution in [0, 0.1) is 25.7 Å². The topological polar surface area (TPSA) is 106 Å². The predicted octanol–water partition coefficient (Wildman–Crippen LogP) is 1.85. The van der Waals surface area contributed by atoms with Gasteiger partial charge in [0.05, 0.1) is 17.2 Å². The minimum atomic E-state index is -0.410. The molecule has 9 nitrogen and oxygen atoms in total. The predicted molar refractivity (Wildman–Crippen MR) is 109 cm³/mol. The molecule has 30 heavy (non-hydrogen) atoms. The van der Waals surface area contributed by atoms with E-state index in [1.165, 1.54) is 0 Å². The van der Waals surface area contributed by atoms with E-state index in [0.717, 1.165) is 18.7 Å². The fourth-order valence-corrected chi connectivity index (χ4v) is 5.10. The third-order valence-corrected chi connectivity index (χ3v) is 6.62. The maximum Gasteiger partial charge on any atom is 0.254 e. The number of rotatable bonds is 5. The first-order valence-corrected chi connectivity index (χ1v) is 10.7. The number of amides is 2. The third-order valence-electron chi connectivity index (χ3n) is 6.62. The zero-order chi connectivity index (χ0) is 21.6. The van der Waals surface area contributed by atoms with Crippen molar-refractivity contribution in [1.82, 2.24) is 30.1 Å². The fraction of sp³-hybridized carbons (Fsp3) is 0.667. The Kier molecular flexibility index (Phi) is 5.15. The Labute approximate surface area is 176 Å². The number of likely N-dealkylation sites (tertiary alicyclic amines) is 1. The number of nitrogens with one attached hydrogen (secondary N) is 1. The average Bonchev–Trinajstić information content (AvgIpc) is 3.43. The van der Waals surface area contributed by atoms with Crippen molar-refractivity contribution in [2.24, 2.45) is 11.8 Å². The fourth-order valence-electron chi connectivity index (χ4n) is 5.10. The molecule has 3 atom stereocenters. The Hall–Kier alpha value is -2.71. The second kappa shape index (κ2) is 7.52. The van der Waals surface area contributed by atoms with E-state index in [9.17, 15) is 9.59 Å². The van der Waals surface area contributed by atoms with Crippen LogP contribution in [0.4, 0.5) is 0 Å². The lowest BCUT2D eigenvalue weighted by molar-refractivity contribution is -0.133. The van der Waals surface area contributed by atoms with E-state index >= 15 is 0 Å². The molecule has 1 N–H and O–H groups in total. The smallest absolute Gasteiger partial charge is 0.254 e. The van der Waals surface area contributed by atoms with Crippen LogP contribution in [0.15, 0.2) is 10.7 Å². The first kappa shape index (κ1) is 20.6. The Balaban J connectivity index is 1.55. The van der Waals surface area contributed by atoms with Crippen LogP contribution in [-0.4, -0.2) is 55.8 Å². The van der Waals surface area contributed by atoms with Crippen LogP contribution in [0.3, 0.4) is 0 Å². The van der Waals surface area contributed by atoms with Gasteiger partial charge in [-0.05, 0) is 39.5 Å². The molecule has 0 bridgehead atoms. The second-order valence-electron chi connectivity index (χ2n) is 8.94. The van der Waals surface area contributed by atoms with Gasteiger partial charge in [0.2, 0.25) is 11.8 Å². The van der Waals surface area contributed by atoms with Gasteiger partial charge in [0.25, 0.3) is 5.91 Å². The van der Waals surface area contributed by atoms with Crippen molar-refractivity contribution in [2.45, 2.75) is 65.5 Å². The molecule has 2 aromatic rings. The average molecular weight is 415 g/mol. The summed E-state index contributed by atoms with van der Waals surface area (Å²) in [6, 6.07) is -0.0182. The summed E-state index contributed by atoms with van der Waals surface area (Å²) in [6.07, 6.45) is 3.08. The Morgan fingerprint density at radius 3 is 2.73 bits per heavy atom. The van der Waals surface area contributed by atoms with Crippen molar-refractivity contribution in [3.63, 3.8) is 0 Å². The van der Waals surface area contributed by atoms with Gasteiger partial charge in [-0.2, -0.15) is 10.1 Å². The van der Waals surface area contributed by atoms with E-state index in [-0.39, 0.29) is 29.7 Å². The zero-order valence-electron chi connectivity index (χ0n) is 18.3. The summed E-state index contributed by atoms with van der Waals surface area (Å²) in [6.45, 7) is 11.5. The largest absolute Gasteiger partial charge is 0.349 e. The molecule has 1 aliphatic carbocycles. The highest BCUT2D eigenvalue weighted by Crippen LogP contribution is 2.50. The molecule has 0 radical (unpaired) electrons. The molecule has 2 aromatic heterocycles. The van der Waals surface area contributed by atoms with E-state index in [0.29, 0.717) is 36.8 Å². The summed E-state index contributed by atoms with van der Waals surface area (Å²) in [5.41, 5.74) is 1.06. The summed E-state index contributed by atoms with van der Waals surface area (Å²) >= 11 is 0. The van der Waals surface area contributed by atoms with Crippen LogP contribution in [-0.2, 0) is 16.8 Å². The lowest BCUT2D eigenvalue weighted by Gasteiger charge is -2.26. The SMILES string of the molecule is CCn1ncc(C(=O)N[C@@H]2C[C@H]3CN(C(=O)C(C)C)C[C@@]3(c3nc(C)no3)C2)c1C. The van der Waals surface area contributed by atoms with Crippen molar-refractivity contribution in [3.8, 4) is 0 Å². The van der Waals surface area contributed by atoms with E-state index in [1.807, 2.05) is 37.3 Å². The van der Waals surface area contributed by atoms with Crippen molar-refractivity contribution in [3.05, 3.63) is 29.2 Å². The standard InChI is InChI=1S/C21H30N6O3/c1-6-27-13(4)17(9-22-27)18(28)24-16-7-15-10-26(19(29)12(2)3)11-21(15,8-16)20-23-14(5)25-30-20/h9,12,15-16H,6-8,10-11H2,1-5H3,(H,24,28)/t15-,16+,21-/m0/s1. The highest BCUT2D eigenvalue weighted by atomic mass is 16.5. The first-order chi connectivity index (χ1) is 14.2. The van der Waals surface area contributed by atoms with Gasteiger partial charge < -0.3 is 14.7 Å². The molecule has 1 saturated heterocycles. The van der Waals surface area contributed by atoms with Crippen molar-refractivity contribution in [1.29, 1.82) is 0 Å². The third kappa shape index (κ3) is 3.30. The quantitative estimate of drug-likeness (QED) is 0.800. The highest BCUT2D eigenvalue weighted by Gasteiger charge is 2.58. The molecule has 0 aromatic carbocycles. The van der Waals surface area contributed by atoms with Gasteiger partial charge in [-0.25, -0.2) is 0 Å². The second-order valence-corrected chi connectivity index (χ2v) is 8.94. The number of fused-ring (bicyclic) bond motifs is 1. The summed E-state index contributed by atoms with van der Waals surface area (Å²) in [7, 11) is 0. The van der Waals surface area contributed by atoms with E-state index in [1.54, 1.807) is 13.1 Å². The van der Waals surface area contributed by atoms with Crippen LogP contribution in [0.2, 0.25) is 0 Å². The van der Waals surface area contributed by atoms with Gasteiger partial charge in [0.1, 0.15) is 0 Å². The highest BCUT2D eigenvalue weighted by molar-refractivity contribution is 5.95. The molecular formula is C21H30N6O3. The lowest BCUT2D eigenvalue weighted by Crippen LogP contribution is -2.40.